The van der Waals surface area contributed by atoms with E-state index in [2.05, 4.69) is 25.2 Å². The molecule has 2 rings (SSSR count). The summed E-state index contributed by atoms with van der Waals surface area (Å²) in [6, 6.07) is 13.5. The molecule has 0 radical (unpaired) electrons. The Kier molecular flexibility index (Phi) is 4.46. The predicted molar refractivity (Wildman–Crippen MR) is 80.8 cm³/mol. The summed E-state index contributed by atoms with van der Waals surface area (Å²) in [5.74, 6) is 0. The van der Waals surface area contributed by atoms with Gasteiger partial charge in [0.05, 0.1) is 12.6 Å². The van der Waals surface area contributed by atoms with E-state index in [0.29, 0.717) is 5.02 Å². The van der Waals surface area contributed by atoms with Gasteiger partial charge < -0.3 is 10.4 Å². The highest BCUT2D eigenvalue weighted by molar-refractivity contribution is 6.30. The van der Waals surface area contributed by atoms with Crippen LogP contribution in [-0.4, -0.2) is 11.7 Å². The Morgan fingerprint density at radius 3 is 2.42 bits per heavy atom. The van der Waals surface area contributed by atoms with Crippen molar-refractivity contribution in [1.29, 1.82) is 0 Å². The normalized spacial score (nSPS) is 12.2. The Morgan fingerprint density at radius 2 is 1.79 bits per heavy atom. The van der Waals surface area contributed by atoms with E-state index in [1.807, 2.05) is 36.4 Å². The van der Waals surface area contributed by atoms with Gasteiger partial charge in [0, 0.05) is 10.7 Å². The maximum Gasteiger partial charge on any atom is 0.0747 e. The van der Waals surface area contributed by atoms with E-state index >= 15 is 0 Å². The molecule has 2 N–H and O–H groups in total. The fourth-order valence-corrected chi connectivity index (χ4v) is 2.25. The van der Waals surface area contributed by atoms with Gasteiger partial charge in [-0.25, -0.2) is 0 Å². The van der Waals surface area contributed by atoms with E-state index in [0.717, 1.165) is 11.3 Å². The number of anilines is 1. The lowest BCUT2D eigenvalue weighted by Crippen LogP contribution is -2.16. The first-order chi connectivity index (χ1) is 9.11. The highest BCUT2D eigenvalue weighted by Gasteiger charge is 2.13. The molecule has 0 spiro atoms. The zero-order valence-corrected chi connectivity index (χ0v) is 11.9. The first-order valence-electron chi connectivity index (χ1n) is 6.31. The van der Waals surface area contributed by atoms with Gasteiger partial charge in [0.25, 0.3) is 0 Å². The van der Waals surface area contributed by atoms with Crippen LogP contribution >= 0.6 is 11.6 Å². The summed E-state index contributed by atoms with van der Waals surface area (Å²) in [5.41, 5.74) is 4.51. The Hall–Kier alpha value is -1.51. The SMILES string of the molecule is Cc1cccc(C(CO)Nc2ccc(Cl)cc2)c1C. The molecule has 0 amide bonds. The van der Waals surface area contributed by atoms with Crippen LogP contribution in [0.2, 0.25) is 5.02 Å². The number of halogens is 1. The maximum absolute atomic E-state index is 9.62. The molecular weight excluding hydrogens is 258 g/mol. The van der Waals surface area contributed by atoms with Gasteiger partial charge >= 0.3 is 0 Å². The fraction of sp³-hybridized carbons (Fsp3) is 0.250. The third-order valence-electron chi connectivity index (χ3n) is 3.39. The third kappa shape index (κ3) is 3.28. The highest BCUT2D eigenvalue weighted by Crippen LogP contribution is 2.24. The largest absolute Gasteiger partial charge is 0.394 e. The minimum Gasteiger partial charge on any atom is -0.394 e. The molecule has 0 bridgehead atoms. The molecule has 0 aliphatic carbocycles. The average molecular weight is 276 g/mol. The van der Waals surface area contributed by atoms with Crippen LogP contribution in [0.3, 0.4) is 0 Å². The lowest BCUT2D eigenvalue weighted by atomic mass is 9.97. The molecule has 0 aromatic heterocycles. The van der Waals surface area contributed by atoms with Crippen molar-refractivity contribution in [1.82, 2.24) is 0 Å². The van der Waals surface area contributed by atoms with Gasteiger partial charge in [0.1, 0.15) is 0 Å². The number of nitrogens with one attached hydrogen (secondary N) is 1. The van der Waals surface area contributed by atoms with Gasteiger partial charge in [-0.05, 0) is 54.8 Å². The van der Waals surface area contributed by atoms with Crippen LogP contribution in [0, 0.1) is 13.8 Å². The van der Waals surface area contributed by atoms with E-state index < -0.39 is 0 Å². The maximum atomic E-state index is 9.62. The standard InChI is InChI=1S/C16H18ClNO/c1-11-4-3-5-15(12(11)2)16(10-19)18-14-8-6-13(17)7-9-14/h3-9,16,18-19H,10H2,1-2H3. The number of aryl methyl sites for hydroxylation is 1. The van der Waals surface area contributed by atoms with Gasteiger partial charge in [0.15, 0.2) is 0 Å². The third-order valence-corrected chi connectivity index (χ3v) is 3.64. The Balaban J connectivity index is 2.25. The van der Waals surface area contributed by atoms with Crippen LogP contribution in [0.1, 0.15) is 22.7 Å². The summed E-state index contributed by atoms with van der Waals surface area (Å²) in [6.07, 6.45) is 0. The average Bonchev–Trinajstić information content (AvgIpc) is 2.42. The summed E-state index contributed by atoms with van der Waals surface area (Å²) in [6.45, 7) is 4.21. The second-order valence-electron chi connectivity index (χ2n) is 4.68. The van der Waals surface area contributed by atoms with Crippen LogP contribution in [0.15, 0.2) is 42.5 Å². The molecule has 0 fully saturated rings. The molecular formula is C16H18ClNO. The number of aliphatic hydroxyl groups is 1. The zero-order chi connectivity index (χ0) is 13.8. The van der Waals surface area contributed by atoms with Crippen molar-refractivity contribution in [2.75, 3.05) is 11.9 Å². The Bertz CT molecular complexity index is 551. The molecule has 0 heterocycles. The quantitative estimate of drug-likeness (QED) is 0.880. The van der Waals surface area contributed by atoms with Crippen molar-refractivity contribution < 1.29 is 5.11 Å². The minimum atomic E-state index is -0.110. The first-order valence-corrected chi connectivity index (χ1v) is 6.68. The second-order valence-corrected chi connectivity index (χ2v) is 5.11. The fourth-order valence-electron chi connectivity index (χ4n) is 2.12. The van der Waals surface area contributed by atoms with Crippen molar-refractivity contribution >= 4 is 17.3 Å². The van der Waals surface area contributed by atoms with Crippen LogP contribution < -0.4 is 5.32 Å². The molecule has 0 aliphatic rings. The van der Waals surface area contributed by atoms with Gasteiger partial charge in [-0.2, -0.15) is 0 Å². The van der Waals surface area contributed by atoms with Crippen LogP contribution in [-0.2, 0) is 0 Å². The van der Waals surface area contributed by atoms with Crippen LogP contribution in [0.4, 0.5) is 5.69 Å². The van der Waals surface area contributed by atoms with Crippen LogP contribution in [0.25, 0.3) is 0 Å². The molecule has 100 valence electrons. The predicted octanol–water partition coefficient (Wildman–Crippen LogP) is 4.10. The summed E-state index contributed by atoms with van der Waals surface area (Å²) in [4.78, 5) is 0. The van der Waals surface area contributed by atoms with Gasteiger partial charge in [-0.3, -0.25) is 0 Å². The van der Waals surface area contributed by atoms with Gasteiger partial charge in [-0.1, -0.05) is 29.8 Å². The molecule has 2 aromatic carbocycles. The Labute approximate surface area is 119 Å². The van der Waals surface area contributed by atoms with Crippen molar-refractivity contribution in [3.05, 3.63) is 64.2 Å². The summed E-state index contributed by atoms with van der Waals surface area (Å²) >= 11 is 5.87. The smallest absolute Gasteiger partial charge is 0.0747 e. The van der Waals surface area contributed by atoms with Crippen molar-refractivity contribution in [2.24, 2.45) is 0 Å². The van der Waals surface area contributed by atoms with Crippen molar-refractivity contribution in [2.45, 2.75) is 19.9 Å². The van der Waals surface area contributed by atoms with Crippen LogP contribution in [0.5, 0.6) is 0 Å². The molecule has 0 saturated carbocycles. The number of rotatable bonds is 4. The van der Waals surface area contributed by atoms with E-state index in [9.17, 15) is 5.11 Å². The van der Waals surface area contributed by atoms with E-state index in [1.165, 1.54) is 11.1 Å². The zero-order valence-electron chi connectivity index (χ0n) is 11.2. The number of hydrogen-bond acceptors (Lipinski definition) is 2. The molecule has 3 heteroatoms. The van der Waals surface area contributed by atoms with Gasteiger partial charge in [0.2, 0.25) is 0 Å². The summed E-state index contributed by atoms with van der Waals surface area (Å²) < 4.78 is 0. The number of aliphatic hydroxyl groups excluding tert-OH is 1. The lowest BCUT2D eigenvalue weighted by Gasteiger charge is -2.21. The molecule has 1 unspecified atom stereocenters. The topological polar surface area (TPSA) is 32.3 Å². The molecule has 1 atom stereocenters. The van der Waals surface area contributed by atoms with Crippen molar-refractivity contribution in [3.63, 3.8) is 0 Å². The highest BCUT2D eigenvalue weighted by atomic mass is 35.5. The molecule has 2 aromatic rings. The summed E-state index contributed by atoms with van der Waals surface area (Å²) in [5, 5.41) is 13.7. The second kappa shape index (κ2) is 6.09. The molecule has 19 heavy (non-hydrogen) atoms. The van der Waals surface area contributed by atoms with Gasteiger partial charge in [-0.15, -0.1) is 0 Å². The molecule has 2 nitrogen and oxygen atoms in total. The summed E-state index contributed by atoms with van der Waals surface area (Å²) in [7, 11) is 0. The number of hydrogen-bond donors (Lipinski definition) is 2. The monoisotopic (exact) mass is 275 g/mol. The first kappa shape index (κ1) is 13.9. The molecule has 0 saturated heterocycles. The van der Waals surface area contributed by atoms with Crippen molar-refractivity contribution in [3.8, 4) is 0 Å². The Morgan fingerprint density at radius 1 is 1.11 bits per heavy atom. The number of benzene rings is 2. The van der Waals surface area contributed by atoms with E-state index in [-0.39, 0.29) is 12.6 Å². The minimum absolute atomic E-state index is 0.0485. The van der Waals surface area contributed by atoms with E-state index in [4.69, 9.17) is 11.6 Å². The lowest BCUT2D eigenvalue weighted by molar-refractivity contribution is 0.276. The molecule has 0 aliphatic heterocycles. The van der Waals surface area contributed by atoms with E-state index in [1.54, 1.807) is 0 Å².